The van der Waals surface area contributed by atoms with Crippen molar-refractivity contribution in [2.45, 2.75) is 32.4 Å². The maximum Gasteiger partial charge on any atom is 0.118 e. The zero-order valence-corrected chi connectivity index (χ0v) is 12.5. The number of likely N-dealkylation sites (N-methyl/N-ethyl adjacent to an activating group) is 1. The zero-order chi connectivity index (χ0) is 14.4. The van der Waals surface area contributed by atoms with Crippen LogP contribution in [0.4, 0.5) is 0 Å². The molecule has 0 aliphatic rings. The van der Waals surface area contributed by atoms with E-state index < -0.39 is 0 Å². The van der Waals surface area contributed by atoms with E-state index in [0.29, 0.717) is 0 Å². The van der Waals surface area contributed by atoms with E-state index in [-0.39, 0.29) is 6.04 Å². The lowest BCUT2D eigenvalue weighted by Crippen LogP contribution is -2.22. The van der Waals surface area contributed by atoms with Crippen molar-refractivity contribution >= 4 is 0 Å². The average Bonchev–Trinajstić information content (AvgIpc) is 2.94. The molecule has 2 aromatic rings. The summed E-state index contributed by atoms with van der Waals surface area (Å²) in [6.07, 6.45) is 3.91. The van der Waals surface area contributed by atoms with Crippen molar-refractivity contribution in [1.29, 1.82) is 0 Å². The summed E-state index contributed by atoms with van der Waals surface area (Å²) in [5.41, 5.74) is 2.53. The number of ether oxygens (including phenoxy) is 1. The third-order valence-corrected chi connectivity index (χ3v) is 3.49. The molecule has 4 heteroatoms. The van der Waals surface area contributed by atoms with Gasteiger partial charge in [0.05, 0.1) is 18.8 Å². The molecule has 1 N–H and O–H groups in total. The molecule has 0 aliphatic carbocycles. The van der Waals surface area contributed by atoms with Gasteiger partial charge in [-0.2, -0.15) is 5.10 Å². The highest BCUT2D eigenvalue weighted by molar-refractivity contribution is 5.28. The van der Waals surface area contributed by atoms with Crippen LogP contribution in [0.1, 0.15) is 30.6 Å². The number of methoxy groups -OCH3 is 1. The molecule has 0 saturated heterocycles. The van der Waals surface area contributed by atoms with E-state index in [1.807, 2.05) is 25.4 Å². The van der Waals surface area contributed by atoms with Gasteiger partial charge in [-0.3, -0.25) is 4.68 Å². The Bertz CT molecular complexity index is 519. The molecule has 20 heavy (non-hydrogen) atoms. The van der Waals surface area contributed by atoms with Gasteiger partial charge in [0, 0.05) is 12.7 Å². The summed E-state index contributed by atoms with van der Waals surface area (Å²) >= 11 is 0. The second-order valence-electron chi connectivity index (χ2n) is 4.87. The lowest BCUT2D eigenvalue weighted by Gasteiger charge is -2.18. The Morgan fingerprint density at radius 3 is 2.60 bits per heavy atom. The van der Waals surface area contributed by atoms with E-state index in [2.05, 4.69) is 40.2 Å². The first-order chi connectivity index (χ1) is 9.78. The van der Waals surface area contributed by atoms with Gasteiger partial charge in [-0.1, -0.05) is 19.1 Å². The molecule has 1 aromatic carbocycles. The number of nitrogens with one attached hydrogen (secondary N) is 1. The van der Waals surface area contributed by atoms with E-state index in [1.54, 1.807) is 7.11 Å². The highest BCUT2D eigenvalue weighted by Crippen LogP contribution is 2.20. The van der Waals surface area contributed by atoms with Crippen LogP contribution in [-0.4, -0.2) is 23.9 Å². The van der Waals surface area contributed by atoms with Crippen molar-refractivity contribution in [1.82, 2.24) is 15.1 Å². The third kappa shape index (κ3) is 3.39. The van der Waals surface area contributed by atoms with Gasteiger partial charge in [0.25, 0.3) is 0 Å². The molecule has 1 atom stereocenters. The van der Waals surface area contributed by atoms with E-state index in [1.165, 1.54) is 11.3 Å². The summed E-state index contributed by atoms with van der Waals surface area (Å²) in [7, 11) is 3.69. The van der Waals surface area contributed by atoms with Crippen molar-refractivity contribution < 1.29 is 4.74 Å². The predicted molar refractivity (Wildman–Crippen MR) is 81.0 cm³/mol. The Morgan fingerprint density at radius 2 is 2.00 bits per heavy atom. The standard InChI is InChI=1S/C16H23N3O/c1-4-11-19-16(9-10-18-19)15(17-2)12-13-5-7-14(20-3)8-6-13/h5-10,15,17H,4,11-12H2,1-3H3. The Hall–Kier alpha value is -1.81. The second kappa shape index (κ2) is 7.10. The van der Waals surface area contributed by atoms with E-state index in [0.717, 1.165) is 25.1 Å². The Labute approximate surface area is 120 Å². The van der Waals surface area contributed by atoms with Gasteiger partial charge in [0.1, 0.15) is 5.75 Å². The number of hydrogen-bond acceptors (Lipinski definition) is 3. The second-order valence-corrected chi connectivity index (χ2v) is 4.87. The molecule has 0 amide bonds. The lowest BCUT2D eigenvalue weighted by molar-refractivity contribution is 0.414. The molecule has 0 fully saturated rings. The lowest BCUT2D eigenvalue weighted by atomic mass is 10.0. The molecule has 1 heterocycles. The Morgan fingerprint density at radius 1 is 1.25 bits per heavy atom. The van der Waals surface area contributed by atoms with Crippen LogP contribution in [0.25, 0.3) is 0 Å². The van der Waals surface area contributed by atoms with Crippen molar-refractivity contribution in [3.05, 3.63) is 47.8 Å². The maximum atomic E-state index is 5.19. The third-order valence-electron chi connectivity index (χ3n) is 3.49. The van der Waals surface area contributed by atoms with Gasteiger partial charge in [0.2, 0.25) is 0 Å². The molecule has 108 valence electrons. The van der Waals surface area contributed by atoms with Crippen LogP contribution in [0.3, 0.4) is 0 Å². The highest BCUT2D eigenvalue weighted by atomic mass is 16.5. The summed E-state index contributed by atoms with van der Waals surface area (Å²) in [4.78, 5) is 0. The van der Waals surface area contributed by atoms with Crippen LogP contribution in [0, 0.1) is 0 Å². The van der Waals surface area contributed by atoms with Gasteiger partial charge in [-0.05, 0) is 43.7 Å². The molecule has 4 nitrogen and oxygen atoms in total. The van der Waals surface area contributed by atoms with Crippen LogP contribution in [0.15, 0.2) is 36.5 Å². The zero-order valence-electron chi connectivity index (χ0n) is 12.5. The summed E-state index contributed by atoms with van der Waals surface area (Å²) in [5.74, 6) is 0.894. The number of aryl methyl sites for hydroxylation is 1. The fourth-order valence-corrected chi connectivity index (χ4v) is 2.39. The van der Waals surface area contributed by atoms with Crippen molar-refractivity contribution in [2.75, 3.05) is 14.2 Å². The van der Waals surface area contributed by atoms with Crippen LogP contribution < -0.4 is 10.1 Å². The van der Waals surface area contributed by atoms with Crippen LogP contribution in [0.5, 0.6) is 5.75 Å². The van der Waals surface area contributed by atoms with Gasteiger partial charge in [0.15, 0.2) is 0 Å². The number of benzene rings is 1. The molecule has 0 aliphatic heterocycles. The summed E-state index contributed by atoms with van der Waals surface area (Å²) in [6.45, 7) is 3.13. The Kier molecular flexibility index (Phi) is 5.18. The SMILES string of the molecule is CCCn1nccc1C(Cc1ccc(OC)cc1)NC. The minimum absolute atomic E-state index is 0.275. The average molecular weight is 273 g/mol. The molecule has 0 spiro atoms. The molecule has 1 unspecified atom stereocenters. The first-order valence-electron chi connectivity index (χ1n) is 7.10. The molecule has 0 radical (unpaired) electrons. The fourth-order valence-electron chi connectivity index (χ4n) is 2.39. The number of hydrogen-bond donors (Lipinski definition) is 1. The predicted octanol–water partition coefficient (Wildman–Crippen LogP) is 2.80. The minimum Gasteiger partial charge on any atom is -0.497 e. The minimum atomic E-state index is 0.275. The summed E-state index contributed by atoms with van der Waals surface area (Å²) in [5, 5.41) is 7.79. The van der Waals surface area contributed by atoms with Gasteiger partial charge < -0.3 is 10.1 Å². The monoisotopic (exact) mass is 273 g/mol. The van der Waals surface area contributed by atoms with Crippen molar-refractivity contribution in [2.24, 2.45) is 0 Å². The smallest absolute Gasteiger partial charge is 0.118 e. The van der Waals surface area contributed by atoms with Gasteiger partial charge in [-0.25, -0.2) is 0 Å². The summed E-state index contributed by atoms with van der Waals surface area (Å²) < 4.78 is 7.28. The first-order valence-corrected chi connectivity index (χ1v) is 7.10. The van der Waals surface area contributed by atoms with Crippen LogP contribution in [-0.2, 0) is 13.0 Å². The van der Waals surface area contributed by atoms with Crippen LogP contribution >= 0.6 is 0 Å². The van der Waals surface area contributed by atoms with Crippen LogP contribution in [0.2, 0.25) is 0 Å². The van der Waals surface area contributed by atoms with Crippen molar-refractivity contribution in [3.8, 4) is 5.75 Å². The quantitative estimate of drug-likeness (QED) is 0.843. The van der Waals surface area contributed by atoms with Crippen molar-refractivity contribution in [3.63, 3.8) is 0 Å². The molecular weight excluding hydrogens is 250 g/mol. The number of rotatable bonds is 7. The van der Waals surface area contributed by atoms with Gasteiger partial charge >= 0.3 is 0 Å². The van der Waals surface area contributed by atoms with E-state index in [4.69, 9.17) is 4.74 Å². The van der Waals surface area contributed by atoms with E-state index >= 15 is 0 Å². The number of nitrogens with zero attached hydrogens (tertiary/aromatic N) is 2. The highest BCUT2D eigenvalue weighted by Gasteiger charge is 2.14. The molecule has 1 aromatic heterocycles. The molecule has 2 rings (SSSR count). The Balaban J connectivity index is 2.13. The molecule has 0 bridgehead atoms. The molecular formula is C16H23N3O. The fraction of sp³-hybridized carbons (Fsp3) is 0.438. The molecule has 0 saturated carbocycles. The largest absolute Gasteiger partial charge is 0.497 e. The topological polar surface area (TPSA) is 39.1 Å². The van der Waals surface area contributed by atoms with Gasteiger partial charge in [-0.15, -0.1) is 0 Å². The normalized spacial score (nSPS) is 12.3. The maximum absolute atomic E-state index is 5.19. The number of aromatic nitrogens is 2. The first kappa shape index (κ1) is 14.6. The summed E-state index contributed by atoms with van der Waals surface area (Å²) in [6, 6.07) is 10.6. The van der Waals surface area contributed by atoms with E-state index in [9.17, 15) is 0 Å².